The molecule has 1 aliphatic heterocycles. The molecule has 0 aromatic rings. The molecule has 0 amide bonds. The summed E-state index contributed by atoms with van der Waals surface area (Å²) in [5.41, 5.74) is 0. The number of nitrogens with one attached hydrogen (secondary N) is 2. The Morgan fingerprint density at radius 3 is 2.60 bits per heavy atom. The summed E-state index contributed by atoms with van der Waals surface area (Å²) in [6.45, 7) is 12.4. The van der Waals surface area contributed by atoms with Gasteiger partial charge in [0.15, 0.2) is 5.96 Å². The smallest absolute Gasteiger partial charge is 0.191 e. The maximum absolute atomic E-state index is 4.30. The van der Waals surface area contributed by atoms with E-state index in [-0.39, 0.29) is 0 Å². The molecule has 0 aromatic carbocycles. The van der Waals surface area contributed by atoms with E-state index >= 15 is 0 Å². The van der Waals surface area contributed by atoms with Crippen LogP contribution in [0.3, 0.4) is 0 Å². The van der Waals surface area contributed by atoms with E-state index in [0.717, 1.165) is 31.0 Å². The summed E-state index contributed by atoms with van der Waals surface area (Å²) in [5, 5.41) is 6.85. The summed E-state index contributed by atoms with van der Waals surface area (Å²) in [6.07, 6.45) is 5.25. The van der Waals surface area contributed by atoms with Crippen LogP contribution >= 0.6 is 0 Å². The molecule has 1 saturated heterocycles. The molecule has 0 radical (unpaired) electrons. The molecule has 1 rings (SSSR count). The summed E-state index contributed by atoms with van der Waals surface area (Å²) in [4.78, 5) is 6.92. The second-order valence-electron chi connectivity index (χ2n) is 6.49. The molecule has 0 spiro atoms. The van der Waals surface area contributed by atoms with Gasteiger partial charge in [-0.05, 0) is 45.6 Å². The van der Waals surface area contributed by atoms with Crippen LogP contribution in [0.15, 0.2) is 4.99 Å². The average molecular weight is 282 g/mol. The van der Waals surface area contributed by atoms with Crippen molar-refractivity contribution in [2.24, 2.45) is 10.9 Å². The topological polar surface area (TPSA) is 39.7 Å². The van der Waals surface area contributed by atoms with Crippen molar-refractivity contribution in [3.63, 3.8) is 0 Å². The van der Waals surface area contributed by atoms with Gasteiger partial charge in [-0.2, -0.15) is 0 Å². The predicted molar refractivity (Wildman–Crippen MR) is 88.3 cm³/mol. The van der Waals surface area contributed by atoms with Crippen LogP contribution in [0.25, 0.3) is 0 Å². The molecule has 118 valence electrons. The number of aliphatic imine (C=N–C) groups is 1. The van der Waals surface area contributed by atoms with Gasteiger partial charge in [-0.3, -0.25) is 9.89 Å². The normalized spacial score (nSPS) is 22.9. The Kier molecular flexibility index (Phi) is 7.97. The number of hydrogen-bond donors (Lipinski definition) is 2. The molecule has 0 aliphatic carbocycles. The van der Waals surface area contributed by atoms with Crippen molar-refractivity contribution >= 4 is 5.96 Å². The van der Waals surface area contributed by atoms with E-state index < -0.39 is 0 Å². The molecule has 1 heterocycles. The lowest BCUT2D eigenvalue weighted by Gasteiger charge is -2.38. The van der Waals surface area contributed by atoms with Crippen LogP contribution in [0, 0.1) is 5.92 Å². The van der Waals surface area contributed by atoms with E-state index in [9.17, 15) is 0 Å². The number of hydrogen-bond acceptors (Lipinski definition) is 2. The number of rotatable bonds is 6. The van der Waals surface area contributed by atoms with Crippen LogP contribution in [0.5, 0.6) is 0 Å². The highest BCUT2D eigenvalue weighted by atomic mass is 15.2. The lowest BCUT2D eigenvalue weighted by atomic mass is 10.0. The van der Waals surface area contributed by atoms with Crippen molar-refractivity contribution < 1.29 is 0 Å². The molecular weight excluding hydrogens is 248 g/mol. The van der Waals surface area contributed by atoms with E-state index in [1.165, 1.54) is 32.2 Å². The van der Waals surface area contributed by atoms with Gasteiger partial charge in [0.1, 0.15) is 0 Å². The van der Waals surface area contributed by atoms with Gasteiger partial charge in [0.25, 0.3) is 0 Å². The Morgan fingerprint density at radius 1 is 1.25 bits per heavy atom. The summed E-state index contributed by atoms with van der Waals surface area (Å²) in [5.74, 6) is 1.66. The van der Waals surface area contributed by atoms with E-state index in [2.05, 4.69) is 48.2 Å². The van der Waals surface area contributed by atoms with Crippen molar-refractivity contribution in [1.82, 2.24) is 15.5 Å². The Hall–Kier alpha value is -0.770. The molecule has 4 heteroatoms. The van der Waals surface area contributed by atoms with Crippen molar-refractivity contribution in [1.29, 1.82) is 0 Å². The number of likely N-dealkylation sites (tertiary alicyclic amines) is 1. The maximum atomic E-state index is 4.30. The van der Waals surface area contributed by atoms with Crippen LogP contribution in [-0.4, -0.2) is 49.6 Å². The minimum Gasteiger partial charge on any atom is -0.356 e. The predicted octanol–water partition coefficient (Wildman–Crippen LogP) is 2.46. The minimum atomic E-state index is 0.564. The standard InChI is InChI=1S/C16H34N4/c1-13(2)9-10-18-16(17-5)19-12-15(4)20-11-7-6-8-14(20)3/h13-15H,6-12H2,1-5H3,(H2,17,18,19). The molecule has 0 saturated carbocycles. The fourth-order valence-electron chi connectivity index (χ4n) is 2.84. The largest absolute Gasteiger partial charge is 0.356 e. The van der Waals surface area contributed by atoms with E-state index in [1.54, 1.807) is 0 Å². The molecule has 2 unspecified atom stereocenters. The first kappa shape index (κ1) is 17.3. The molecule has 2 N–H and O–H groups in total. The Balaban J connectivity index is 2.28. The first-order valence-electron chi connectivity index (χ1n) is 8.24. The fraction of sp³-hybridized carbons (Fsp3) is 0.938. The third kappa shape index (κ3) is 6.12. The molecule has 0 bridgehead atoms. The van der Waals surface area contributed by atoms with Gasteiger partial charge < -0.3 is 10.6 Å². The number of nitrogens with zero attached hydrogens (tertiary/aromatic N) is 2. The third-order valence-electron chi connectivity index (χ3n) is 4.22. The SMILES string of the molecule is CN=C(NCCC(C)C)NCC(C)N1CCCCC1C. The number of piperidine rings is 1. The Bertz CT molecular complexity index is 288. The Morgan fingerprint density at radius 2 is 2.00 bits per heavy atom. The molecular formula is C16H34N4. The fourth-order valence-corrected chi connectivity index (χ4v) is 2.84. The summed E-state index contributed by atoms with van der Waals surface area (Å²) >= 11 is 0. The van der Waals surface area contributed by atoms with E-state index in [4.69, 9.17) is 0 Å². The molecule has 2 atom stereocenters. The van der Waals surface area contributed by atoms with Crippen LogP contribution < -0.4 is 10.6 Å². The summed E-state index contributed by atoms with van der Waals surface area (Å²) in [7, 11) is 1.85. The lowest BCUT2D eigenvalue weighted by molar-refractivity contribution is 0.115. The van der Waals surface area contributed by atoms with Crippen molar-refractivity contribution in [2.75, 3.05) is 26.7 Å². The first-order chi connectivity index (χ1) is 9.54. The van der Waals surface area contributed by atoms with Crippen molar-refractivity contribution in [2.45, 2.75) is 65.5 Å². The zero-order chi connectivity index (χ0) is 15.0. The van der Waals surface area contributed by atoms with Crippen LogP contribution in [-0.2, 0) is 0 Å². The quantitative estimate of drug-likeness (QED) is 0.581. The Labute approximate surface area is 125 Å². The van der Waals surface area contributed by atoms with Crippen LogP contribution in [0.2, 0.25) is 0 Å². The van der Waals surface area contributed by atoms with Gasteiger partial charge in [-0.1, -0.05) is 20.3 Å². The van der Waals surface area contributed by atoms with E-state index in [1.807, 2.05) is 7.05 Å². The average Bonchev–Trinajstić information content (AvgIpc) is 2.42. The highest BCUT2D eigenvalue weighted by Gasteiger charge is 2.22. The molecule has 0 aromatic heterocycles. The zero-order valence-corrected chi connectivity index (χ0v) is 14.1. The first-order valence-corrected chi connectivity index (χ1v) is 8.24. The van der Waals surface area contributed by atoms with Crippen LogP contribution in [0.4, 0.5) is 0 Å². The molecule has 4 nitrogen and oxygen atoms in total. The second-order valence-corrected chi connectivity index (χ2v) is 6.49. The van der Waals surface area contributed by atoms with Gasteiger partial charge in [-0.25, -0.2) is 0 Å². The van der Waals surface area contributed by atoms with Gasteiger partial charge in [0.05, 0.1) is 0 Å². The summed E-state index contributed by atoms with van der Waals surface area (Å²) in [6, 6.07) is 1.28. The minimum absolute atomic E-state index is 0.564. The van der Waals surface area contributed by atoms with Crippen molar-refractivity contribution in [3.05, 3.63) is 0 Å². The van der Waals surface area contributed by atoms with Crippen LogP contribution in [0.1, 0.15) is 53.4 Å². The van der Waals surface area contributed by atoms with Gasteiger partial charge >= 0.3 is 0 Å². The molecule has 1 aliphatic rings. The highest BCUT2D eigenvalue weighted by molar-refractivity contribution is 5.79. The lowest BCUT2D eigenvalue weighted by Crippen LogP contribution is -2.50. The van der Waals surface area contributed by atoms with Gasteiger partial charge in [0, 0.05) is 32.2 Å². The molecule has 20 heavy (non-hydrogen) atoms. The van der Waals surface area contributed by atoms with Gasteiger partial charge in [0.2, 0.25) is 0 Å². The zero-order valence-electron chi connectivity index (χ0n) is 14.1. The van der Waals surface area contributed by atoms with Crippen molar-refractivity contribution in [3.8, 4) is 0 Å². The summed E-state index contributed by atoms with van der Waals surface area (Å²) < 4.78 is 0. The molecule has 1 fully saturated rings. The third-order valence-corrected chi connectivity index (χ3v) is 4.22. The highest BCUT2D eigenvalue weighted by Crippen LogP contribution is 2.18. The number of guanidine groups is 1. The maximum Gasteiger partial charge on any atom is 0.191 e. The van der Waals surface area contributed by atoms with E-state index in [0.29, 0.717) is 6.04 Å². The monoisotopic (exact) mass is 282 g/mol. The second kappa shape index (κ2) is 9.22. The van der Waals surface area contributed by atoms with Gasteiger partial charge in [-0.15, -0.1) is 0 Å².